The molecular weight excluding hydrogens is 382 g/mol. The number of rotatable bonds is 2. The molecule has 0 bridgehead atoms. The summed E-state index contributed by atoms with van der Waals surface area (Å²) in [6, 6.07) is 28.3. The summed E-state index contributed by atoms with van der Waals surface area (Å²) < 4.78 is 12.1. The first-order chi connectivity index (χ1) is 15.2. The SMILES string of the molecule is COC1OC(c2ccccc2)=C(C#Cc2ccccc2)c2nc3ccc(C)cc3cc21. The Hall–Kier alpha value is -3.87. The highest BCUT2D eigenvalue weighted by atomic mass is 16.7. The summed E-state index contributed by atoms with van der Waals surface area (Å²) in [5.74, 6) is 7.31. The van der Waals surface area contributed by atoms with Crippen LogP contribution in [-0.4, -0.2) is 12.1 Å². The van der Waals surface area contributed by atoms with Gasteiger partial charge in [0.1, 0.15) is 5.76 Å². The van der Waals surface area contributed by atoms with Crippen molar-refractivity contribution in [3.05, 3.63) is 113 Å². The second kappa shape index (κ2) is 8.10. The average molecular weight is 403 g/mol. The van der Waals surface area contributed by atoms with Gasteiger partial charge >= 0.3 is 0 Å². The lowest BCUT2D eigenvalue weighted by atomic mass is 9.96. The third-order valence-corrected chi connectivity index (χ3v) is 5.30. The highest BCUT2D eigenvalue weighted by Crippen LogP contribution is 2.41. The second-order valence-corrected chi connectivity index (χ2v) is 7.49. The van der Waals surface area contributed by atoms with E-state index in [0.29, 0.717) is 5.76 Å². The number of aryl methyl sites for hydroxylation is 1. The number of methoxy groups -OCH3 is 1. The standard InChI is InChI=1S/C28H21NO2/c1-19-13-16-25-22(17-19)18-24-26(29-25)23(15-14-20-9-5-3-6-10-20)27(31-28(24)30-2)21-11-7-4-8-12-21/h3-13,16-18,28H,1-2H3. The number of hydrogen-bond acceptors (Lipinski definition) is 3. The van der Waals surface area contributed by atoms with E-state index in [0.717, 1.165) is 38.9 Å². The van der Waals surface area contributed by atoms with E-state index >= 15 is 0 Å². The average Bonchev–Trinajstić information content (AvgIpc) is 2.82. The fraction of sp³-hybridized carbons (Fsp3) is 0.107. The van der Waals surface area contributed by atoms with E-state index in [4.69, 9.17) is 14.5 Å². The lowest BCUT2D eigenvalue weighted by Gasteiger charge is -2.28. The van der Waals surface area contributed by atoms with Crippen molar-refractivity contribution in [1.29, 1.82) is 0 Å². The number of aromatic nitrogens is 1. The lowest BCUT2D eigenvalue weighted by Crippen LogP contribution is -2.16. The van der Waals surface area contributed by atoms with Gasteiger partial charge in [-0.15, -0.1) is 0 Å². The Labute approximate surface area is 182 Å². The quantitative estimate of drug-likeness (QED) is 0.377. The number of hydrogen-bond donors (Lipinski definition) is 0. The summed E-state index contributed by atoms with van der Waals surface area (Å²) in [5, 5.41) is 1.06. The monoisotopic (exact) mass is 403 g/mol. The van der Waals surface area contributed by atoms with Gasteiger partial charge in [-0.3, -0.25) is 0 Å². The van der Waals surface area contributed by atoms with Gasteiger partial charge in [-0.2, -0.15) is 0 Å². The maximum atomic E-state index is 6.34. The minimum atomic E-state index is -0.551. The second-order valence-electron chi connectivity index (χ2n) is 7.49. The van der Waals surface area contributed by atoms with Crippen LogP contribution >= 0.6 is 0 Å². The molecule has 0 N–H and O–H groups in total. The molecule has 1 aromatic heterocycles. The molecule has 3 nitrogen and oxygen atoms in total. The number of nitrogens with zero attached hydrogens (tertiary/aromatic N) is 1. The summed E-state index contributed by atoms with van der Waals surface area (Å²) in [6.45, 7) is 2.08. The fourth-order valence-electron chi connectivity index (χ4n) is 3.78. The van der Waals surface area contributed by atoms with Crippen LogP contribution < -0.4 is 0 Å². The molecular formula is C28H21NO2. The van der Waals surface area contributed by atoms with Gasteiger partial charge in [0, 0.05) is 29.2 Å². The van der Waals surface area contributed by atoms with Crippen LogP contribution in [0.5, 0.6) is 0 Å². The van der Waals surface area contributed by atoms with Crippen LogP contribution in [0.4, 0.5) is 0 Å². The molecule has 0 saturated carbocycles. The van der Waals surface area contributed by atoms with Crippen LogP contribution in [-0.2, 0) is 9.47 Å². The van der Waals surface area contributed by atoms with Crippen molar-refractivity contribution in [2.24, 2.45) is 0 Å². The summed E-state index contributed by atoms with van der Waals surface area (Å²) in [5.41, 5.74) is 6.44. The van der Waals surface area contributed by atoms with Crippen LogP contribution in [0, 0.1) is 18.8 Å². The molecule has 1 aliphatic heterocycles. The number of pyridine rings is 1. The molecule has 3 heteroatoms. The van der Waals surface area contributed by atoms with E-state index in [1.54, 1.807) is 7.11 Å². The third kappa shape index (κ3) is 3.70. The molecule has 1 atom stereocenters. The van der Waals surface area contributed by atoms with Gasteiger partial charge in [0.2, 0.25) is 6.29 Å². The van der Waals surface area contributed by atoms with Crippen LogP contribution in [0.25, 0.3) is 22.2 Å². The molecule has 0 spiro atoms. The smallest absolute Gasteiger partial charge is 0.228 e. The van der Waals surface area contributed by atoms with Crippen molar-refractivity contribution in [2.45, 2.75) is 13.2 Å². The first-order valence-corrected chi connectivity index (χ1v) is 10.2. The van der Waals surface area contributed by atoms with Gasteiger partial charge in [-0.25, -0.2) is 4.98 Å². The topological polar surface area (TPSA) is 31.4 Å². The Morgan fingerprint density at radius 1 is 0.871 bits per heavy atom. The van der Waals surface area contributed by atoms with Crippen LogP contribution in [0.2, 0.25) is 0 Å². The molecule has 5 rings (SSSR count). The van der Waals surface area contributed by atoms with Gasteiger partial charge in [0.05, 0.1) is 16.8 Å². The van der Waals surface area contributed by atoms with Crippen molar-refractivity contribution < 1.29 is 9.47 Å². The highest BCUT2D eigenvalue weighted by Gasteiger charge is 2.30. The Balaban J connectivity index is 1.78. The summed E-state index contributed by atoms with van der Waals surface area (Å²) in [6.07, 6.45) is -0.551. The molecule has 3 aromatic carbocycles. The molecule has 150 valence electrons. The summed E-state index contributed by atoms with van der Waals surface area (Å²) in [7, 11) is 1.65. The molecule has 0 radical (unpaired) electrons. The zero-order valence-corrected chi connectivity index (χ0v) is 17.4. The van der Waals surface area contributed by atoms with E-state index in [1.807, 2.05) is 66.7 Å². The third-order valence-electron chi connectivity index (χ3n) is 5.30. The fourth-order valence-corrected chi connectivity index (χ4v) is 3.78. The Kier molecular flexibility index (Phi) is 5.00. The van der Waals surface area contributed by atoms with Crippen LogP contribution in [0.15, 0.2) is 84.9 Å². The molecule has 0 saturated heterocycles. The minimum Gasteiger partial charge on any atom is -0.458 e. The maximum absolute atomic E-state index is 6.34. The van der Waals surface area contributed by atoms with Crippen molar-refractivity contribution in [1.82, 2.24) is 4.98 Å². The van der Waals surface area contributed by atoms with Crippen LogP contribution in [0.3, 0.4) is 0 Å². The van der Waals surface area contributed by atoms with Crippen LogP contribution in [0.1, 0.15) is 34.2 Å². The van der Waals surface area contributed by atoms with E-state index in [1.165, 1.54) is 5.56 Å². The van der Waals surface area contributed by atoms with Crippen molar-refractivity contribution in [2.75, 3.05) is 7.11 Å². The molecule has 0 amide bonds. The predicted molar refractivity (Wildman–Crippen MR) is 124 cm³/mol. The summed E-state index contributed by atoms with van der Waals surface area (Å²) >= 11 is 0. The molecule has 0 fully saturated rings. The van der Waals surface area contributed by atoms with Crippen molar-refractivity contribution >= 4 is 22.2 Å². The minimum absolute atomic E-state index is 0.551. The van der Waals surface area contributed by atoms with Crippen molar-refractivity contribution in [3.63, 3.8) is 0 Å². The number of benzene rings is 3. The number of allylic oxidation sites excluding steroid dienone is 1. The van der Waals surface area contributed by atoms with E-state index < -0.39 is 6.29 Å². The maximum Gasteiger partial charge on any atom is 0.228 e. The van der Waals surface area contributed by atoms with Gasteiger partial charge < -0.3 is 9.47 Å². The molecule has 4 aromatic rings. The Morgan fingerprint density at radius 3 is 2.35 bits per heavy atom. The van der Waals surface area contributed by atoms with Gasteiger partial charge in [-0.1, -0.05) is 72.0 Å². The highest BCUT2D eigenvalue weighted by molar-refractivity contribution is 5.98. The first-order valence-electron chi connectivity index (χ1n) is 10.2. The molecule has 0 aliphatic carbocycles. The predicted octanol–water partition coefficient (Wildman–Crippen LogP) is 6.14. The van der Waals surface area contributed by atoms with E-state index in [-0.39, 0.29) is 0 Å². The summed E-state index contributed by atoms with van der Waals surface area (Å²) in [4.78, 5) is 5.00. The Morgan fingerprint density at radius 2 is 1.61 bits per heavy atom. The van der Waals surface area contributed by atoms with Gasteiger partial charge in [-0.05, 0) is 37.3 Å². The molecule has 2 heterocycles. The normalized spacial score (nSPS) is 15.1. The lowest BCUT2D eigenvalue weighted by molar-refractivity contribution is -0.0770. The molecule has 1 unspecified atom stereocenters. The zero-order valence-electron chi connectivity index (χ0n) is 17.4. The largest absolute Gasteiger partial charge is 0.458 e. The zero-order chi connectivity index (χ0) is 21.2. The number of fused-ring (bicyclic) bond motifs is 2. The molecule has 1 aliphatic rings. The van der Waals surface area contributed by atoms with Crippen molar-refractivity contribution in [3.8, 4) is 11.8 Å². The molecule has 31 heavy (non-hydrogen) atoms. The van der Waals surface area contributed by atoms with Gasteiger partial charge in [0.15, 0.2) is 0 Å². The van der Waals surface area contributed by atoms with E-state index in [2.05, 4.69) is 37.0 Å². The first kappa shape index (κ1) is 19.1. The van der Waals surface area contributed by atoms with E-state index in [9.17, 15) is 0 Å². The number of ether oxygens (including phenoxy) is 2. The van der Waals surface area contributed by atoms with Gasteiger partial charge in [0.25, 0.3) is 0 Å². The Bertz CT molecular complexity index is 1350.